The van der Waals surface area contributed by atoms with Crippen molar-refractivity contribution < 1.29 is 0 Å². The molecule has 1 aromatic heterocycles. The molecule has 0 saturated carbocycles. The number of hydrogen-bond donors (Lipinski definition) is 0. The molecule has 0 amide bonds. The Morgan fingerprint density at radius 1 is 1.67 bits per heavy atom. The van der Waals surface area contributed by atoms with E-state index in [1.54, 1.807) is 11.3 Å². The predicted molar refractivity (Wildman–Crippen MR) is 59.0 cm³/mol. The Morgan fingerprint density at radius 3 is 2.92 bits per heavy atom. The zero-order chi connectivity index (χ0) is 8.97. The predicted octanol–water partition coefficient (Wildman–Crippen LogP) is 2.96. The van der Waals surface area contributed by atoms with E-state index < -0.39 is 0 Å². The largest absolute Gasteiger partial charge is 0.299 e. The van der Waals surface area contributed by atoms with Gasteiger partial charge in [-0.15, -0.1) is 0 Å². The molecule has 0 N–H and O–H groups in total. The van der Waals surface area contributed by atoms with Crippen molar-refractivity contribution in [3.8, 4) is 0 Å². The van der Waals surface area contributed by atoms with E-state index in [0.717, 1.165) is 11.9 Å². The lowest BCUT2D eigenvalue weighted by molar-refractivity contribution is 0.271. The number of halogens is 1. The molecule has 1 heterocycles. The van der Waals surface area contributed by atoms with Crippen LogP contribution in [0.4, 0.5) is 0 Å². The van der Waals surface area contributed by atoms with E-state index in [1.807, 2.05) is 0 Å². The summed E-state index contributed by atoms with van der Waals surface area (Å²) in [5, 5.41) is 5.37. The molecule has 3 heteroatoms. The van der Waals surface area contributed by atoms with E-state index in [2.05, 4.69) is 51.6 Å². The third-order valence-electron chi connectivity index (χ3n) is 1.99. The van der Waals surface area contributed by atoms with E-state index in [0.29, 0.717) is 6.04 Å². The van der Waals surface area contributed by atoms with Crippen molar-refractivity contribution in [1.29, 1.82) is 0 Å². The van der Waals surface area contributed by atoms with Gasteiger partial charge in [-0.05, 0) is 36.4 Å². The number of nitrogens with zero attached hydrogens (tertiary/aromatic N) is 1. The fourth-order valence-corrected chi connectivity index (χ4v) is 2.10. The van der Waals surface area contributed by atoms with Crippen molar-refractivity contribution in [3.63, 3.8) is 0 Å². The maximum Gasteiger partial charge on any atom is 0.0242 e. The Kier molecular flexibility index (Phi) is 4.26. The van der Waals surface area contributed by atoms with Crippen LogP contribution in [0.3, 0.4) is 0 Å². The fraction of sp³-hybridized carbons (Fsp3) is 0.556. The summed E-state index contributed by atoms with van der Waals surface area (Å²) >= 11 is 5.24. The summed E-state index contributed by atoms with van der Waals surface area (Å²) in [6.07, 6.45) is 0. The summed E-state index contributed by atoms with van der Waals surface area (Å²) in [5.74, 6) is 0. The van der Waals surface area contributed by atoms with Gasteiger partial charge < -0.3 is 0 Å². The lowest BCUT2D eigenvalue weighted by atomic mass is 10.3. The zero-order valence-electron chi connectivity index (χ0n) is 7.46. The lowest BCUT2D eigenvalue weighted by Gasteiger charge is -2.21. The van der Waals surface area contributed by atoms with Crippen LogP contribution in [0.25, 0.3) is 0 Å². The Bertz CT molecular complexity index is 210. The average Bonchev–Trinajstić information content (AvgIpc) is 2.55. The minimum absolute atomic E-state index is 0.602. The summed E-state index contributed by atoms with van der Waals surface area (Å²) < 4.78 is 0. The average molecular weight is 248 g/mol. The Morgan fingerprint density at radius 2 is 2.42 bits per heavy atom. The van der Waals surface area contributed by atoms with Gasteiger partial charge in [-0.2, -0.15) is 11.3 Å². The lowest BCUT2D eigenvalue weighted by Crippen LogP contribution is -2.29. The quantitative estimate of drug-likeness (QED) is 0.740. The van der Waals surface area contributed by atoms with Crippen molar-refractivity contribution in [3.05, 3.63) is 22.4 Å². The molecule has 1 unspecified atom stereocenters. The van der Waals surface area contributed by atoms with Crippen LogP contribution in [0.1, 0.15) is 12.5 Å². The molecule has 1 nitrogen and oxygen atoms in total. The van der Waals surface area contributed by atoms with Crippen molar-refractivity contribution >= 4 is 27.3 Å². The zero-order valence-corrected chi connectivity index (χ0v) is 9.86. The van der Waals surface area contributed by atoms with Gasteiger partial charge in [-0.1, -0.05) is 15.9 Å². The van der Waals surface area contributed by atoms with Crippen molar-refractivity contribution in [2.24, 2.45) is 0 Å². The van der Waals surface area contributed by atoms with E-state index in [4.69, 9.17) is 0 Å². The Hall–Kier alpha value is 0.140. The number of rotatable bonds is 4. The first-order valence-electron chi connectivity index (χ1n) is 4.01. The van der Waals surface area contributed by atoms with Gasteiger partial charge in [0, 0.05) is 17.9 Å². The van der Waals surface area contributed by atoms with E-state index >= 15 is 0 Å². The highest BCUT2D eigenvalue weighted by Crippen LogP contribution is 2.10. The van der Waals surface area contributed by atoms with Gasteiger partial charge in [0.25, 0.3) is 0 Å². The molecule has 0 saturated heterocycles. The fourth-order valence-electron chi connectivity index (χ4n) is 0.944. The second-order valence-corrected chi connectivity index (χ2v) is 4.48. The Labute approximate surface area is 86.5 Å². The molecule has 0 aromatic carbocycles. The summed E-state index contributed by atoms with van der Waals surface area (Å²) in [6.45, 7) is 3.28. The first-order valence-corrected chi connectivity index (χ1v) is 6.07. The highest BCUT2D eigenvalue weighted by molar-refractivity contribution is 9.09. The van der Waals surface area contributed by atoms with Crippen molar-refractivity contribution in [2.45, 2.75) is 19.5 Å². The first-order chi connectivity index (χ1) is 5.74. The van der Waals surface area contributed by atoms with Crippen molar-refractivity contribution in [2.75, 3.05) is 12.4 Å². The van der Waals surface area contributed by atoms with Crippen LogP contribution in [0.5, 0.6) is 0 Å². The molecule has 12 heavy (non-hydrogen) atoms. The van der Waals surface area contributed by atoms with Gasteiger partial charge in [0.1, 0.15) is 0 Å². The topological polar surface area (TPSA) is 3.24 Å². The number of thiophene rings is 1. The number of hydrogen-bond acceptors (Lipinski definition) is 2. The SMILES string of the molecule is CC(CBr)N(C)Cc1ccsc1. The molecule has 0 radical (unpaired) electrons. The molecule has 1 rings (SSSR count). The minimum Gasteiger partial charge on any atom is -0.299 e. The van der Waals surface area contributed by atoms with Gasteiger partial charge in [-0.3, -0.25) is 4.90 Å². The van der Waals surface area contributed by atoms with Crippen LogP contribution in [-0.2, 0) is 6.54 Å². The maximum absolute atomic E-state index is 3.48. The van der Waals surface area contributed by atoms with Gasteiger partial charge >= 0.3 is 0 Å². The molecule has 0 aliphatic heterocycles. The van der Waals surface area contributed by atoms with E-state index in [9.17, 15) is 0 Å². The van der Waals surface area contributed by atoms with Gasteiger partial charge in [-0.25, -0.2) is 0 Å². The highest BCUT2D eigenvalue weighted by atomic mass is 79.9. The third-order valence-corrected chi connectivity index (χ3v) is 3.66. The molecule has 68 valence electrons. The summed E-state index contributed by atoms with van der Waals surface area (Å²) in [4.78, 5) is 2.34. The maximum atomic E-state index is 3.48. The molecule has 0 bridgehead atoms. The van der Waals surface area contributed by atoms with Crippen LogP contribution in [0.2, 0.25) is 0 Å². The molecular weight excluding hydrogens is 234 g/mol. The molecular formula is C9H14BrNS. The van der Waals surface area contributed by atoms with Crippen molar-refractivity contribution in [1.82, 2.24) is 4.90 Å². The van der Waals surface area contributed by atoms with Crippen LogP contribution >= 0.6 is 27.3 Å². The molecule has 0 spiro atoms. The Balaban J connectivity index is 2.41. The van der Waals surface area contributed by atoms with Crippen LogP contribution in [-0.4, -0.2) is 23.3 Å². The van der Waals surface area contributed by atoms with E-state index in [-0.39, 0.29) is 0 Å². The molecule has 1 aromatic rings. The second-order valence-electron chi connectivity index (χ2n) is 3.05. The first kappa shape index (κ1) is 10.2. The molecule has 0 aliphatic rings. The van der Waals surface area contributed by atoms with Gasteiger partial charge in [0.2, 0.25) is 0 Å². The second kappa shape index (κ2) is 5.00. The molecule has 0 aliphatic carbocycles. The summed E-state index contributed by atoms with van der Waals surface area (Å²) in [6, 6.07) is 2.78. The smallest absolute Gasteiger partial charge is 0.0242 e. The molecule has 0 fully saturated rings. The standard InChI is InChI=1S/C9H14BrNS/c1-8(5-10)11(2)6-9-3-4-12-7-9/h3-4,7-8H,5-6H2,1-2H3. The normalized spacial score (nSPS) is 13.7. The highest BCUT2D eigenvalue weighted by Gasteiger charge is 2.07. The van der Waals surface area contributed by atoms with Crippen LogP contribution in [0.15, 0.2) is 16.8 Å². The molecule has 1 atom stereocenters. The van der Waals surface area contributed by atoms with Crippen LogP contribution < -0.4 is 0 Å². The minimum atomic E-state index is 0.602. The third kappa shape index (κ3) is 2.88. The van der Waals surface area contributed by atoms with Crippen LogP contribution in [0, 0.1) is 0 Å². The monoisotopic (exact) mass is 247 g/mol. The van der Waals surface area contributed by atoms with Gasteiger partial charge in [0.05, 0.1) is 0 Å². The number of alkyl halides is 1. The van der Waals surface area contributed by atoms with E-state index in [1.165, 1.54) is 5.56 Å². The summed E-state index contributed by atoms with van der Waals surface area (Å²) in [7, 11) is 2.16. The van der Waals surface area contributed by atoms with Gasteiger partial charge in [0.15, 0.2) is 0 Å². The summed E-state index contributed by atoms with van der Waals surface area (Å²) in [5.41, 5.74) is 1.41.